The third-order valence-corrected chi connectivity index (χ3v) is 3.26. The summed E-state index contributed by atoms with van der Waals surface area (Å²) in [6.07, 6.45) is 5.23. The molecule has 5 nitrogen and oxygen atoms in total. The second kappa shape index (κ2) is 8.49. The average Bonchev–Trinajstić information content (AvgIpc) is 2.58. The number of methoxy groups -OCH3 is 1. The van der Waals surface area contributed by atoms with Gasteiger partial charge in [0.05, 0.1) is 13.7 Å². The van der Waals surface area contributed by atoms with Crippen LogP contribution in [0.4, 0.5) is 5.69 Å². The Hall–Kier alpha value is -3.13. The Labute approximate surface area is 142 Å². The van der Waals surface area contributed by atoms with Gasteiger partial charge in [-0.3, -0.25) is 0 Å². The Bertz CT molecular complexity index is 763. The molecule has 24 heavy (non-hydrogen) atoms. The highest BCUT2D eigenvalue weighted by Gasteiger charge is 2.05. The Morgan fingerprint density at radius 2 is 2.08 bits per heavy atom. The normalized spacial score (nSPS) is 10.8. The lowest BCUT2D eigenvalue weighted by Gasteiger charge is -2.10. The van der Waals surface area contributed by atoms with Gasteiger partial charge < -0.3 is 20.5 Å². The predicted molar refractivity (Wildman–Crippen MR) is 97.5 cm³/mol. The Kier molecular flexibility index (Phi) is 6.09. The van der Waals surface area contributed by atoms with E-state index in [1.807, 2.05) is 49.4 Å². The van der Waals surface area contributed by atoms with E-state index in [1.165, 1.54) is 0 Å². The molecule has 0 amide bonds. The third kappa shape index (κ3) is 4.96. The molecule has 3 N–H and O–H groups in total. The van der Waals surface area contributed by atoms with Gasteiger partial charge in [-0.05, 0) is 42.3 Å². The zero-order chi connectivity index (χ0) is 17.4. The fourth-order valence-electron chi connectivity index (χ4n) is 2.14. The van der Waals surface area contributed by atoms with Crippen molar-refractivity contribution in [2.45, 2.75) is 13.5 Å². The van der Waals surface area contributed by atoms with Crippen LogP contribution < -0.4 is 20.5 Å². The SMILES string of the molecule is C#CCOc1cc(CN=C(N)Nc2cccc(C)c2)ccc1OC. The van der Waals surface area contributed by atoms with Gasteiger partial charge in [0.15, 0.2) is 17.5 Å². The van der Waals surface area contributed by atoms with E-state index in [4.69, 9.17) is 21.6 Å². The molecule has 0 aliphatic heterocycles. The standard InChI is InChI=1S/C19H21N3O2/c1-4-10-24-18-12-15(8-9-17(18)23-3)13-21-19(20)22-16-7-5-6-14(2)11-16/h1,5-9,11-12H,10,13H2,2-3H3,(H3,20,21,22). The van der Waals surface area contributed by atoms with Crippen LogP contribution in [0.5, 0.6) is 11.5 Å². The number of anilines is 1. The van der Waals surface area contributed by atoms with Gasteiger partial charge in [-0.2, -0.15) is 0 Å². The molecule has 0 aliphatic carbocycles. The van der Waals surface area contributed by atoms with Crippen molar-refractivity contribution in [1.29, 1.82) is 0 Å². The van der Waals surface area contributed by atoms with Crippen LogP contribution >= 0.6 is 0 Å². The van der Waals surface area contributed by atoms with E-state index in [2.05, 4.69) is 16.2 Å². The Morgan fingerprint density at radius 1 is 1.25 bits per heavy atom. The molecule has 0 aromatic heterocycles. The number of nitrogens with zero attached hydrogens (tertiary/aromatic N) is 1. The fraction of sp³-hybridized carbons (Fsp3) is 0.211. The van der Waals surface area contributed by atoms with Gasteiger partial charge in [0.25, 0.3) is 0 Å². The Balaban J connectivity index is 2.05. The predicted octanol–water partition coefficient (Wildman–Crippen LogP) is 2.94. The Morgan fingerprint density at radius 3 is 2.79 bits per heavy atom. The molecule has 0 saturated heterocycles. The lowest BCUT2D eigenvalue weighted by Crippen LogP contribution is -2.22. The largest absolute Gasteiger partial charge is 0.493 e. The van der Waals surface area contributed by atoms with Gasteiger partial charge in [0.1, 0.15) is 6.61 Å². The van der Waals surface area contributed by atoms with E-state index >= 15 is 0 Å². The summed E-state index contributed by atoms with van der Waals surface area (Å²) in [4.78, 5) is 4.34. The van der Waals surface area contributed by atoms with Gasteiger partial charge in [-0.1, -0.05) is 24.1 Å². The summed E-state index contributed by atoms with van der Waals surface area (Å²) >= 11 is 0. The highest BCUT2D eigenvalue weighted by molar-refractivity contribution is 5.92. The maximum atomic E-state index is 5.93. The number of aliphatic imine (C=N–C) groups is 1. The van der Waals surface area contributed by atoms with Crippen molar-refractivity contribution in [1.82, 2.24) is 0 Å². The lowest BCUT2D eigenvalue weighted by molar-refractivity contribution is 0.330. The molecule has 0 radical (unpaired) electrons. The van der Waals surface area contributed by atoms with Crippen molar-refractivity contribution in [3.63, 3.8) is 0 Å². The highest BCUT2D eigenvalue weighted by atomic mass is 16.5. The molecule has 0 saturated carbocycles. The number of benzene rings is 2. The fourth-order valence-corrected chi connectivity index (χ4v) is 2.14. The quantitative estimate of drug-likeness (QED) is 0.487. The molecule has 5 heteroatoms. The molecule has 0 bridgehead atoms. The molecular weight excluding hydrogens is 302 g/mol. The molecule has 0 aliphatic rings. The zero-order valence-electron chi connectivity index (χ0n) is 13.9. The average molecular weight is 323 g/mol. The summed E-state index contributed by atoms with van der Waals surface area (Å²) in [5.74, 6) is 4.00. The van der Waals surface area contributed by atoms with Crippen molar-refractivity contribution in [2.75, 3.05) is 19.0 Å². The van der Waals surface area contributed by atoms with E-state index < -0.39 is 0 Å². The minimum absolute atomic E-state index is 0.181. The number of rotatable bonds is 6. The zero-order valence-corrected chi connectivity index (χ0v) is 13.9. The number of aryl methyl sites for hydroxylation is 1. The van der Waals surface area contributed by atoms with Crippen LogP contribution in [-0.4, -0.2) is 19.7 Å². The van der Waals surface area contributed by atoms with Crippen molar-refractivity contribution >= 4 is 11.6 Å². The van der Waals surface area contributed by atoms with Gasteiger partial charge in [0.2, 0.25) is 0 Å². The number of ether oxygens (including phenoxy) is 2. The van der Waals surface area contributed by atoms with Crippen molar-refractivity contribution in [3.8, 4) is 23.8 Å². The van der Waals surface area contributed by atoms with Crippen molar-refractivity contribution in [2.24, 2.45) is 10.7 Å². The van der Waals surface area contributed by atoms with Gasteiger partial charge >= 0.3 is 0 Å². The van der Waals surface area contributed by atoms with Crippen molar-refractivity contribution < 1.29 is 9.47 Å². The lowest BCUT2D eigenvalue weighted by atomic mass is 10.2. The van der Waals surface area contributed by atoms with Crippen LogP contribution in [0, 0.1) is 19.3 Å². The first-order chi connectivity index (χ1) is 11.6. The summed E-state index contributed by atoms with van der Waals surface area (Å²) in [6, 6.07) is 13.5. The minimum Gasteiger partial charge on any atom is -0.493 e. The third-order valence-electron chi connectivity index (χ3n) is 3.26. The van der Waals surface area contributed by atoms with Crippen LogP contribution in [0.15, 0.2) is 47.5 Å². The molecule has 2 aromatic carbocycles. The van der Waals surface area contributed by atoms with Crippen LogP contribution in [0.3, 0.4) is 0 Å². The minimum atomic E-state index is 0.181. The number of hydrogen-bond acceptors (Lipinski definition) is 3. The number of guanidine groups is 1. The van der Waals surface area contributed by atoms with Crippen LogP contribution in [0.2, 0.25) is 0 Å². The second-order valence-electron chi connectivity index (χ2n) is 5.17. The van der Waals surface area contributed by atoms with Gasteiger partial charge in [0, 0.05) is 5.69 Å². The number of nitrogens with one attached hydrogen (secondary N) is 1. The van der Waals surface area contributed by atoms with E-state index in [1.54, 1.807) is 7.11 Å². The van der Waals surface area contributed by atoms with E-state index in [-0.39, 0.29) is 6.61 Å². The summed E-state index contributed by atoms with van der Waals surface area (Å²) in [5, 5.41) is 3.07. The van der Waals surface area contributed by atoms with Crippen LogP contribution in [0.25, 0.3) is 0 Å². The molecule has 0 atom stereocenters. The first-order valence-corrected chi connectivity index (χ1v) is 7.49. The summed E-state index contributed by atoms with van der Waals surface area (Å²) in [6.45, 7) is 2.62. The molecular formula is C19H21N3O2. The second-order valence-corrected chi connectivity index (χ2v) is 5.17. The number of terminal acetylenes is 1. The van der Waals surface area contributed by atoms with Crippen LogP contribution in [-0.2, 0) is 6.54 Å². The summed E-state index contributed by atoms with van der Waals surface area (Å²) in [5.41, 5.74) is 8.93. The first-order valence-electron chi connectivity index (χ1n) is 7.49. The molecule has 124 valence electrons. The molecule has 0 fully saturated rings. The molecule has 2 aromatic rings. The molecule has 2 rings (SSSR count). The van der Waals surface area contributed by atoms with E-state index in [0.717, 1.165) is 16.8 Å². The van der Waals surface area contributed by atoms with E-state index in [9.17, 15) is 0 Å². The van der Waals surface area contributed by atoms with Crippen molar-refractivity contribution in [3.05, 3.63) is 53.6 Å². The highest BCUT2D eigenvalue weighted by Crippen LogP contribution is 2.28. The monoisotopic (exact) mass is 323 g/mol. The molecule has 0 heterocycles. The van der Waals surface area contributed by atoms with Crippen LogP contribution in [0.1, 0.15) is 11.1 Å². The summed E-state index contributed by atoms with van der Waals surface area (Å²) < 4.78 is 10.7. The molecule has 0 spiro atoms. The van der Waals surface area contributed by atoms with E-state index in [0.29, 0.717) is 24.0 Å². The first kappa shape index (κ1) is 17.2. The number of hydrogen-bond donors (Lipinski definition) is 2. The van der Waals surface area contributed by atoms with Gasteiger partial charge in [-0.25, -0.2) is 4.99 Å². The van der Waals surface area contributed by atoms with Gasteiger partial charge in [-0.15, -0.1) is 6.42 Å². The maximum Gasteiger partial charge on any atom is 0.193 e. The smallest absolute Gasteiger partial charge is 0.193 e. The molecule has 0 unspecified atom stereocenters. The topological polar surface area (TPSA) is 68.9 Å². The summed E-state index contributed by atoms with van der Waals surface area (Å²) in [7, 11) is 1.58. The number of nitrogens with two attached hydrogens (primary N) is 1. The maximum absolute atomic E-state index is 5.93.